The van der Waals surface area contributed by atoms with Crippen LogP contribution in [-0.4, -0.2) is 73.8 Å². The van der Waals surface area contributed by atoms with Crippen molar-refractivity contribution in [3.05, 3.63) is 0 Å². The molecular formula is C36H72N10O4. The number of amides is 4. The van der Waals surface area contributed by atoms with Crippen LogP contribution in [0.1, 0.15) is 155 Å². The maximum absolute atomic E-state index is 13.0. The summed E-state index contributed by atoms with van der Waals surface area (Å²) in [7, 11) is 0. The van der Waals surface area contributed by atoms with Crippen LogP contribution in [-0.2, 0) is 19.2 Å². The number of nitrogens with one attached hydrogen (secondary N) is 4. The van der Waals surface area contributed by atoms with E-state index in [2.05, 4.69) is 45.1 Å². The van der Waals surface area contributed by atoms with Gasteiger partial charge < -0.3 is 44.2 Å². The highest BCUT2D eigenvalue weighted by molar-refractivity contribution is 5.88. The van der Waals surface area contributed by atoms with Crippen LogP contribution >= 0.6 is 0 Å². The fourth-order valence-electron chi connectivity index (χ4n) is 5.48. The maximum Gasteiger partial charge on any atom is 0.242 e. The Morgan fingerprint density at radius 2 is 0.820 bits per heavy atom. The molecule has 0 aliphatic heterocycles. The summed E-state index contributed by atoms with van der Waals surface area (Å²) in [5, 5.41) is 11.6. The second-order valence-corrected chi connectivity index (χ2v) is 13.2. The van der Waals surface area contributed by atoms with Gasteiger partial charge in [-0.15, -0.1) is 0 Å². The van der Waals surface area contributed by atoms with Crippen molar-refractivity contribution >= 4 is 35.5 Å². The Labute approximate surface area is 302 Å². The van der Waals surface area contributed by atoms with Crippen molar-refractivity contribution < 1.29 is 19.2 Å². The number of hydrogen-bond donors (Lipinski definition) is 8. The molecule has 14 heteroatoms. The molecule has 0 unspecified atom stereocenters. The molecule has 0 saturated heterocycles. The zero-order chi connectivity index (χ0) is 37.2. The maximum atomic E-state index is 13.0. The molecular weight excluding hydrogens is 636 g/mol. The van der Waals surface area contributed by atoms with Gasteiger partial charge in [0.2, 0.25) is 23.6 Å². The number of carbonyl (C=O) groups is 4. The van der Waals surface area contributed by atoms with E-state index >= 15 is 0 Å². The predicted molar refractivity (Wildman–Crippen MR) is 204 cm³/mol. The average Bonchev–Trinajstić information content (AvgIpc) is 3.07. The van der Waals surface area contributed by atoms with Crippen molar-refractivity contribution in [2.75, 3.05) is 26.2 Å². The van der Waals surface area contributed by atoms with E-state index in [9.17, 15) is 19.2 Å². The Hall–Kier alpha value is -3.58. The van der Waals surface area contributed by atoms with Crippen LogP contribution in [0.5, 0.6) is 0 Å². The Kier molecular flexibility index (Phi) is 30.3. The van der Waals surface area contributed by atoms with Crippen molar-refractivity contribution in [2.45, 2.75) is 167 Å². The van der Waals surface area contributed by atoms with Gasteiger partial charge in [0, 0.05) is 39.0 Å². The summed E-state index contributed by atoms with van der Waals surface area (Å²) in [6.45, 7) is 5.90. The lowest BCUT2D eigenvalue weighted by Crippen LogP contribution is -2.47. The number of guanidine groups is 2. The first-order valence-electron chi connectivity index (χ1n) is 19.4. The van der Waals surface area contributed by atoms with Crippen LogP contribution < -0.4 is 44.2 Å². The van der Waals surface area contributed by atoms with E-state index in [4.69, 9.17) is 22.9 Å². The zero-order valence-corrected chi connectivity index (χ0v) is 31.4. The standard InChI is InChI=1S/C36H72N10O4/c1-3-5-7-9-11-13-15-23-31(47)45-29(21-19-27-43-35(37)38)33(49)41-25-17-18-26-42-34(50)30(22-20-28-44-36(39)40)46-32(48)24-16-14-12-10-8-6-4-2/h29-30H,3-28H2,1-2H3,(H,41,49)(H,42,50)(H,45,47)(H,46,48)(H4,37,38,43)(H4,39,40,44)/t29-,30-/m0/s1. The summed E-state index contributed by atoms with van der Waals surface area (Å²) in [5.74, 6) is -0.794. The number of unbranched alkanes of at least 4 members (excludes halogenated alkanes) is 13. The number of carbonyl (C=O) groups excluding carboxylic acids is 4. The second kappa shape index (κ2) is 32.6. The van der Waals surface area contributed by atoms with Crippen LogP contribution in [0, 0.1) is 0 Å². The number of nitrogens with two attached hydrogens (primary N) is 4. The highest BCUT2D eigenvalue weighted by atomic mass is 16.2. The van der Waals surface area contributed by atoms with Crippen molar-refractivity contribution in [2.24, 2.45) is 32.9 Å². The topological polar surface area (TPSA) is 245 Å². The highest BCUT2D eigenvalue weighted by Crippen LogP contribution is 2.10. The quantitative estimate of drug-likeness (QED) is 0.0285. The van der Waals surface area contributed by atoms with E-state index in [0.29, 0.717) is 77.5 Å². The molecule has 0 radical (unpaired) electrons. The van der Waals surface area contributed by atoms with Crippen LogP contribution in [0.15, 0.2) is 9.98 Å². The van der Waals surface area contributed by atoms with Crippen LogP contribution in [0.4, 0.5) is 0 Å². The molecule has 4 amide bonds. The van der Waals surface area contributed by atoms with Crippen molar-refractivity contribution in [3.63, 3.8) is 0 Å². The first kappa shape index (κ1) is 46.4. The first-order chi connectivity index (χ1) is 24.1. The van der Waals surface area contributed by atoms with Gasteiger partial charge in [-0.3, -0.25) is 29.2 Å². The Bertz CT molecular complexity index is 893. The summed E-state index contributed by atoms with van der Waals surface area (Å²) >= 11 is 0. The van der Waals surface area contributed by atoms with E-state index in [1.807, 2.05) is 0 Å². The van der Waals surface area contributed by atoms with Gasteiger partial charge in [-0.25, -0.2) is 0 Å². The molecule has 0 aliphatic carbocycles. The molecule has 0 aromatic rings. The Morgan fingerprint density at radius 3 is 1.16 bits per heavy atom. The van der Waals surface area contributed by atoms with Gasteiger partial charge in [-0.2, -0.15) is 0 Å². The molecule has 0 fully saturated rings. The third-order valence-corrected chi connectivity index (χ3v) is 8.41. The van der Waals surface area contributed by atoms with Gasteiger partial charge in [0.1, 0.15) is 12.1 Å². The SMILES string of the molecule is CCCCCCCCCC(=O)N[C@@H](CCCN=C(N)N)C(=O)NCCCCNC(=O)[C@H](CCCN=C(N)N)NC(=O)CCCCCCCCC. The molecule has 0 aromatic carbocycles. The van der Waals surface area contributed by atoms with Crippen LogP contribution in [0.25, 0.3) is 0 Å². The Morgan fingerprint density at radius 1 is 0.480 bits per heavy atom. The zero-order valence-electron chi connectivity index (χ0n) is 31.4. The van der Waals surface area contributed by atoms with E-state index < -0.39 is 12.1 Å². The minimum Gasteiger partial charge on any atom is -0.370 e. The molecule has 0 rings (SSSR count). The van der Waals surface area contributed by atoms with E-state index in [-0.39, 0.29) is 35.5 Å². The molecule has 0 bridgehead atoms. The van der Waals surface area contributed by atoms with Crippen LogP contribution in [0.2, 0.25) is 0 Å². The van der Waals surface area contributed by atoms with Gasteiger partial charge in [0.05, 0.1) is 0 Å². The van der Waals surface area contributed by atoms with Crippen LogP contribution in [0.3, 0.4) is 0 Å². The number of hydrogen-bond acceptors (Lipinski definition) is 6. The minimum absolute atomic E-state index is 0.00999. The van der Waals surface area contributed by atoms with Gasteiger partial charge >= 0.3 is 0 Å². The summed E-state index contributed by atoms with van der Waals surface area (Å²) in [6.07, 6.45) is 19.5. The van der Waals surface area contributed by atoms with Crippen molar-refractivity contribution in [3.8, 4) is 0 Å². The molecule has 50 heavy (non-hydrogen) atoms. The average molecular weight is 709 g/mol. The van der Waals surface area contributed by atoms with E-state index in [1.54, 1.807) is 0 Å². The van der Waals surface area contributed by atoms with Gasteiger partial charge in [0.25, 0.3) is 0 Å². The fraction of sp³-hybridized carbons (Fsp3) is 0.833. The third kappa shape index (κ3) is 29.3. The molecule has 14 nitrogen and oxygen atoms in total. The lowest BCUT2D eigenvalue weighted by molar-refractivity contribution is -0.129. The highest BCUT2D eigenvalue weighted by Gasteiger charge is 2.21. The summed E-state index contributed by atoms with van der Waals surface area (Å²) in [6, 6.07) is -1.35. The molecule has 0 spiro atoms. The fourth-order valence-corrected chi connectivity index (χ4v) is 5.48. The summed E-state index contributed by atoms with van der Waals surface area (Å²) in [5.41, 5.74) is 21.7. The first-order valence-corrected chi connectivity index (χ1v) is 19.4. The molecule has 0 aromatic heterocycles. The van der Waals surface area contributed by atoms with Gasteiger partial charge in [-0.05, 0) is 51.4 Å². The van der Waals surface area contributed by atoms with E-state index in [0.717, 1.165) is 38.5 Å². The molecule has 2 atom stereocenters. The number of aliphatic imine (C=N–C) groups is 2. The van der Waals surface area contributed by atoms with Gasteiger partial charge in [-0.1, -0.05) is 90.9 Å². The minimum atomic E-state index is -0.676. The number of nitrogens with zero attached hydrogens (tertiary/aromatic N) is 2. The van der Waals surface area contributed by atoms with E-state index in [1.165, 1.54) is 51.4 Å². The lowest BCUT2D eigenvalue weighted by Gasteiger charge is -2.19. The predicted octanol–water partition coefficient (Wildman–Crippen LogP) is 3.36. The molecule has 0 aliphatic rings. The molecule has 0 saturated carbocycles. The third-order valence-electron chi connectivity index (χ3n) is 8.41. The molecule has 290 valence electrons. The largest absolute Gasteiger partial charge is 0.370 e. The monoisotopic (exact) mass is 709 g/mol. The second-order valence-electron chi connectivity index (χ2n) is 13.2. The van der Waals surface area contributed by atoms with Crippen molar-refractivity contribution in [1.82, 2.24) is 21.3 Å². The summed E-state index contributed by atoms with van der Waals surface area (Å²) < 4.78 is 0. The van der Waals surface area contributed by atoms with Gasteiger partial charge in [0.15, 0.2) is 11.9 Å². The normalized spacial score (nSPS) is 12.0. The van der Waals surface area contributed by atoms with Crippen molar-refractivity contribution in [1.29, 1.82) is 0 Å². The number of rotatable bonds is 33. The molecule has 0 heterocycles. The summed E-state index contributed by atoms with van der Waals surface area (Å²) in [4.78, 5) is 59.2. The Balaban J connectivity index is 4.71. The lowest BCUT2D eigenvalue weighted by atomic mass is 10.1. The smallest absolute Gasteiger partial charge is 0.242 e. The molecule has 12 N–H and O–H groups in total.